The van der Waals surface area contributed by atoms with Crippen LogP contribution in [-0.2, 0) is 4.79 Å². The van der Waals surface area contributed by atoms with Crippen molar-refractivity contribution in [3.63, 3.8) is 0 Å². The molecule has 0 amide bonds. The predicted molar refractivity (Wildman–Crippen MR) is 50.6 cm³/mol. The molecule has 0 spiro atoms. The highest BCUT2D eigenvalue weighted by atomic mass is 16.4. The monoisotopic (exact) mass is 189 g/mol. The summed E-state index contributed by atoms with van der Waals surface area (Å²) in [5.74, 6) is -0.994. The first-order valence-electron chi connectivity index (χ1n) is 4.73. The van der Waals surface area contributed by atoms with E-state index in [0.29, 0.717) is 6.54 Å². The lowest BCUT2D eigenvalue weighted by molar-refractivity contribution is -0.142. The van der Waals surface area contributed by atoms with E-state index in [0.717, 1.165) is 19.3 Å². The molecule has 4 nitrogen and oxygen atoms in total. The molecule has 3 N–H and O–H groups in total. The maximum absolute atomic E-state index is 10.6. The van der Waals surface area contributed by atoms with Crippen molar-refractivity contribution in [1.82, 2.24) is 5.32 Å². The highest BCUT2D eigenvalue weighted by Gasteiger charge is 2.21. The van der Waals surface area contributed by atoms with Gasteiger partial charge in [0, 0.05) is 0 Å². The molecule has 0 aromatic carbocycles. The molecule has 0 aromatic rings. The number of aliphatic hydroxyl groups excluding tert-OH is 1. The van der Waals surface area contributed by atoms with Crippen LogP contribution in [0.15, 0.2) is 0 Å². The van der Waals surface area contributed by atoms with E-state index in [1.165, 1.54) is 6.92 Å². The van der Waals surface area contributed by atoms with Gasteiger partial charge in [-0.25, -0.2) is 0 Å². The fourth-order valence-electron chi connectivity index (χ4n) is 1.10. The number of aliphatic hydroxyl groups is 1. The van der Waals surface area contributed by atoms with E-state index >= 15 is 0 Å². The van der Waals surface area contributed by atoms with Gasteiger partial charge in [0.2, 0.25) is 0 Å². The number of carbonyl (C=O) groups is 1. The second-order valence-electron chi connectivity index (χ2n) is 3.22. The second-order valence-corrected chi connectivity index (χ2v) is 3.22. The Labute approximate surface area is 79.0 Å². The molecule has 78 valence electrons. The molecule has 0 heterocycles. The molecule has 4 heteroatoms. The third kappa shape index (κ3) is 5.60. The zero-order valence-corrected chi connectivity index (χ0v) is 8.29. The standard InChI is InChI=1S/C9H19NO3/c1-3-4-5-6-10-8(7(2)11)9(12)13/h7-8,10-11H,3-6H2,1-2H3,(H,12,13). The van der Waals surface area contributed by atoms with Crippen LogP contribution in [0.1, 0.15) is 33.1 Å². The molecule has 0 fully saturated rings. The van der Waals surface area contributed by atoms with Gasteiger partial charge < -0.3 is 15.5 Å². The summed E-state index contributed by atoms with van der Waals surface area (Å²) in [6.45, 7) is 4.21. The van der Waals surface area contributed by atoms with E-state index in [1.54, 1.807) is 0 Å². The molecule has 0 radical (unpaired) electrons. The van der Waals surface area contributed by atoms with Crippen LogP contribution in [0.25, 0.3) is 0 Å². The summed E-state index contributed by atoms with van der Waals surface area (Å²) in [5.41, 5.74) is 0. The highest BCUT2D eigenvalue weighted by molar-refractivity contribution is 5.74. The van der Waals surface area contributed by atoms with Gasteiger partial charge in [-0.3, -0.25) is 4.79 Å². The van der Waals surface area contributed by atoms with Gasteiger partial charge in [-0.1, -0.05) is 19.8 Å². The Balaban J connectivity index is 3.64. The van der Waals surface area contributed by atoms with Gasteiger partial charge in [-0.2, -0.15) is 0 Å². The Hall–Kier alpha value is -0.610. The molecule has 0 aliphatic heterocycles. The first-order valence-corrected chi connectivity index (χ1v) is 4.73. The van der Waals surface area contributed by atoms with Crippen LogP contribution >= 0.6 is 0 Å². The van der Waals surface area contributed by atoms with E-state index in [9.17, 15) is 4.79 Å². The zero-order valence-electron chi connectivity index (χ0n) is 8.29. The number of carboxylic acid groups (broad SMARTS) is 1. The first-order chi connectivity index (χ1) is 6.09. The van der Waals surface area contributed by atoms with Gasteiger partial charge in [-0.05, 0) is 19.9 Å². The largest absolute Gasteiger partial charge is 0.480 e. The molecule has 2 unspecified atom stereocenters. The molecular weight excluding hydrogens is 170 g/mol. The Kier molecular flexibility index (Phi) is 6.54. The summed E-state index contributed by atoms with van der Waals surface area (Å²) < 4.78 is 0. The molecular formula is C9H19NO3. The summed E-state index contributed by atoms with van der Waals surface area (Å²) >= 11 is 0. The number of hydrogen-bond acceptors (Lipinski definition) is 3. The number of unbranched alkanes of at least 4 members (excludes halogenated alkanes) is 2. The lowest BCUT2D eigenvalue weighted by Gasteiger charge is -2.16. The van der Waals surface area contributed by atoms with Crippen molar-refractivity contribution in [2.45, 2.75) is 45.3 Å². The number of aliphatic carboxylic acids is 1. The van der Waals surface area contributed by atoms with Crippen LogP contribution in [0.2, 0.25) is 0 Å². The van der Waals surface area contributed by atoms with Crippen molar-refractivity contribution < 1.29 is 15.0 Å². The number of carboxylic acids is 1. The molecule has 13 heavy (non-hydrogen) atoms. The average molecular weight is 189 g/mol. The first kappa shape index (κ1) is 12.4. The SMILES string of the molecule is CCCCCNC(C(=O)O)C(C)O. The van der Waals surface area contributed by atoms with Gasteiger partial charge in [-0.15, -0.1) is 0 Å². The van der Waals surface area contributed by atoms with Crippen molar-refractivity contribution in [3.05, 3.63) is 0 Å². The van der Waals surface area contributed by atoms with E-state index in [1.807, 2.05) is 0 Å². The van der Waals surface area contributed by atoms with E-state index in [-0.39, 0.29) is 0 Å². The van der Waals surface area contributed by atoms with Crippen molar-refractivity contribution in [2.75, 3.05) is 6.54 Å². The van der Waals surface area contributed by atoms with Crippen LogP contribution in [0, 0.1) is 0 Å². The Morgan fingerprint density at radius 2 is 2.08 bits per heavy atom. The molecule has 0 aliphatic carbocycles. The van der Waals surface area contributed by atoms with Gasteiger partial charge in [0.1, 0.15) is 6.04 Å². The lowest BCUT2D eigenvalue weighted by Crippen LogP contribution is -2.45. The third-order valence-corrected chi connectivity index (χ3v) is 1.89. The molecule has 0 saturated heterocycles. The van der Waals surface area contributed by atoms with E-state index < -0.39 is 18.1 Å². The fraction of sp³-hybridized carbons (Fsp3) is 0.889. The fourth-order valence-corrected chi connectivity index (χ4v) is 1.10. The average Bonchev–Trinajstić information content (AvgIpc) is 2.02. The Morgan fingerprint density at radius 1 is 1.46 bits per heavy atom. The molecule has 0 saturated carbocycles. The van der Waals surface area contributed by atoms with E-state index in [2.05, 4.69) is 12.2 Å². The molecule has 2 atom stereocenters. The Morgan fingerprint density at radius 3 is 2.46 bits per heavy atom. The normalized spacial score (nSPS) is 15.3. The summed E-state index contributed by atoms with van der Waals surface area (Å²) in [6, 6.07) is -0.836. The maximum atomic E-state index is 10.6. The van der Waals surface area contributed by atoms with E-state index in [4.69, 9.17) is 10.2 Å². The minimum Gasteiger partial charge on any atom is -0.480 e. The summed E-state index contributed by atoms with van der Waals surface area (Å²) in [6.07, 6.45) is 2.29. The van der Waals surface area contributed by atoms with Gasteiger partial charge >= 0.3 is 5.97 Å². The van der Waals surface area contributed by atoms with Crippen LogP contribution in [-0.4, -0.2) is 34.9 Å². The number of hydrogen-bond donors (Lipinski definition) is 3. The lowest BCUT2D eigenvalue weighted by atomic mass is 10.1. The van der Waals surface area contributed by atoms with Crippen molar-refractivity contribution in [2.24, 2.45) is 0 Å². The molecule has 0 aliphatic rings. The van der Waals surface area contributed by atoms with Crippen molar-refractivity contribution in [1.29, 1.82) is 0 Å². The van der Waals surface area contributed by atoms with Crippen LogP contribution in [0.3, 0.4) is 0 Å². The quantitative estimate of drug-likeness (QED) is 0.513. The second kappa shape index (κ2) is 6.86. The molecule has 0 bridgehead atoms. The minimum atomic E-state index is -0.994. The van der Waals surface area contributed by atoms with Gasteiger partial charge in [0.05, 0.1) is 6.10 Å². The number of nitrogens with one attached hydrogen (secondary N) is 1. The smallest absolute Gasteiger partial charge is 0.323 e. The molecule has 0 aromatic heterocycles. The van der Waals surface area contributed by atoms with Crippen LogP contribution in [0.4, 0.5) is 0 Å². The van der Waals surface area contributed by atoms with Crippen molar-refractivity contribution in [3.8, 4) is 0 Å². The number of rotatable bonds is 7. The zero-order chi connectivity index (χ0) is 10.3. The van der Waals surface area contributed by atoms with Crippen LogP contribution in [0.5, 0.6) is 0 Å². The summed E-state index contributed by atoms with van der Waals surface area (Å²) in [4.78, 5) is 10.6. The van der Waals surface area contributed by atoms with Crippen molar-refractivity contribution >= 4 is 5.97 Å². The summed E-state index contributed by atoms with van der Waals surface area (Å²) in [7, 11) is 0. The maximum Gasteiger partial charge on any atom is 0.323 e. The molecule has 0 rings (SSSR count). The van der Waals surface area contributed by atoms with Crippen LogP contribution < -0.4 is 5.32 Å². The third-order valence-electron chi connectivity index (χ3n) is 1.89. The predicted octanol–water partition coefficient (Wildman–Crippen LogP) is 0.600. The highest BCUT2D eigenvalue weighted by Crippen LogP contribution is 1.96. The topological polar surface area (TPSA) is 69.6 Å². The van der Waals surface area contributed by atoms with Gasteiger partial charge in [0.25, 0.3) is 0 Å². The summed E-state index contributed by atoms with van der Waals surface area (Å²) in [5, 5.41) is 20.6. The minimum absolute atomic E-state index is 0.649. The Bertz CT molecular complexity index is 148. The van der Waals surface area contributed by atoms with Gasteiger partial charge in [0.15, 0.2) is 0 Å².